The molecular formula is C18H20F4N4. The molecule has 0 aliphatic carbocycles. The number of nitrogens with one attached hydrogen (secondary N) is 1. The van der Waals surface area contributed by atoms with E-state index in [1.807, 2.05) is 24.3 Å². The minimum absolute atomic E-state index is 0.0333. The normalized spacial score (nSPS) is 16.0. The molecule has 26 heavy (non-hydrogen) atoms. The third kappa shape index (κ3) is 4.31. The van der Waals surface area contributed by atoms with Crippen molar-refractivity contribution in [2.75, 3.05) is 38.5 Å². The Morgan fingerprint density at radius 1 is 0.885 bits per heavy atom. The summed E-state index contributed by atoms with van der Waals surface area (Å²) in [6, 6.07) is 7.52. The molecule has 1 N–H and O–H groups in total. The van der Waals surface area contributed by atoms with E-state index in [9.17, 15) is 17.6 Å². The van der Waals surface area contributed by atoms with Gasteiger partial charge in [0.2, 0.25) is 11.6 Å². The Morgan fingerprint density at radius 3 is 2.00 bits per heavy atom. The number of pyridine rings is 1. The van der Waals surface area contributed by atoms with Crippen molar-refractivity contribution in [3.05, 3.63) is 58.9 Å². The molecule has 2 heterocycles. The lowest BCUT2D eigenvalue weighted by Crippen LogP contribution is -2.43. The number of likely N-dealkylation sites (N-methyl/N-ethyl adjacent to an activating group) is 1. The van der Waals surface area contributed by atoms with Crippen molar-refractivity contribution in [2.45, 2.75) is 13.1 Å². The monoisotopic (exact) mass is 368 g/mol. The van der Waals surface area contributed by atoms with E-state index in [1.54, 1.807) is 0 Å². The molecule has 0 unspecified atom stereocenters. The number of aromatic nitrogens is 1. The molecule has 2 aromatic rings. The van der Waals surface area contributed by atoms with E-state index >= 15 is 0 Å². The molecule has 0 saturated carbocycles. The summed E-state index contributed by atoms with van der Waals surface area (Å²) in [5.74, 6) is -6.41. The molecule has 1 saturated heterocycles. The van der Waals surface area contributed by atoms with Crippen LogP contribution in [0.5, 0.6) is 0 Å². The highest BCUT2D eigenvalue weighted by Gasteiger charge is 2.20. The van der Waals surface area contributed by atoms with Crippen LogP contribution < -0.4 is 5.32 Å². The average Bonchev–Trinajstić information content (AvgIpc) is 2.63. The lowest BCUT2D eigenvalue weighted by Gasteiger charge is -2.32. The van der Waals surface area contributed by atoms with Crippen LogP contribution in [0.2, 0.25) is 0 Å². The van der Waals surface area contributed by atoms with Gasteiger partial charge in [0.25, 0.3) is 11.9 Å². The zero-order valence-electron chi connectivity index (χ0n) is 14.4. The van der Waals surface area contributed by atoms with Gasteiger partial charge in [0, 0.05) is 39.3 Å². The van der Waals surface area contributed by atoms with E-state index in [4.69, 9.17) is 0 Å². The summed E-state index contributed by atoms with van der Waals surface area (Å²) in [6.45, 7) is 4.97. The van der Waals surface area contributed by atoms with Gasteiger partial charge in [-0.1, -0.05) is 24.3 Å². The van der Waals surface area contributed by atoms with Gasteiger partial charge in [0.1, 0.15) is 5.69 Å². The van der Waals surface area contributed by atoms with Gasteiger partial charge in [0.15, 0.2) is 0 Å². The molecule has 0 atom stereocenters. The number of rotatable bonds is 5. The standard InChI is InChI=1S/C18H20F4N4/c1-25-6-8-26(9-7-25)11-13-4-2-12(3-5-13)10-23-16-14(19)17(21)24-18(22)15(16)20/h2-5H,6-11H2,1H3,(H,23,24). The highest BCUT2D eigenvalue weighted by Crippen LogP contribution is 2.22. The van der Waals surface area contributed by atoms with E-state index < -0.39 is 29.2 Å². The fourth-order valence-corrected chi connectivity index (χ4v) is 2.86. The fourth-order valence-electron chi connectivity index (χ4n) is 2.86. The van der Waals surface area contributed by atoms with Gasteiger partial charge in [-0.15, -0.1) is 0 Å². The molecule has 1 aromatic carbocycles. The van der Waals surface area contributed by atoms with E-state index in [2.05, 4.69) is 27.1 Å². The number of hydrogen-bond acceptors (Lipinski definition) is 4. The second-order valence-corrected chi connectivity index (χ2v) is 6.45. The Kier molecular flexibility index (Phi) is 5.73. The van der Waals surface area contributed by atoms with Crippen LogP contribution in [0, 0.1) is 23.5 Å². The smallest absolute Gasteiger partial charge is 0.253 e. The SMILES string of the molecule is CN1CCN(Cc2ccc(CNc3c(F)c(F)nc(F)c3F)cc2)CC1. The maximum Gasteiger partial charge on any atom is 0.253 e. The molecule has 1 fully saturated rings. The molecule has 0 amide bonds. The molecule has 8 heteroatoms. The van der Waals surface area contributed by atoms with Crippen molar-refractivity contribution in [3.63, 3.8) is 0 Å². The second kappa shape index (κ2) is 8.01. The lowest BCUT2D eigenvalue weighted by molar-refractivity contribution is 0.148. The zero-order chi connectivity index (χ0) is 18.7. The minimum Gasteiger partial charge on any atom is -0.376 e. The van der Waals surface area contributed by atoms with E-state index in [-0.39, 0.29) is 6.54 Å². The first-order valence-corrected chi connectivity index (χ1v) is 8.36. The number of anilines is 1. The molecular weight excluding hydrogens is 348 g/mol. The Morgan fingerprint density at radius 2 is 1.42 bits per heavy atom. The van der Waals surface area contributed by atoms with Crippen molar-refractivity contribution in [1.29, 1.82) is 0 Å². The second-order valence-electron chi connectivity index (χ2n) is 6.45. The van der Waals surface area contributed by atoms with Crippen molar-refractivity contribution < 1.29 is 17.6 Å². The number of piperazine rings is 1. The summed E-state index contributed by atoms with van der Waals surface area (Å²) in [5.41, 5.74) is 1.02. The van der Waals surface area contributed by atoms with Crippen molar-refractivity contribution in [3.8, 4) is 0 Å². The van der Waals surface area contributed by atoms with Crippen LogP contribution in [0.15, 0.2) is 24.3 Å². The maximum atomic E-state index is 13.6. The van der Waals surface area contributed by atoms with Gasteiger partial charge in [0.05, 0.1) is 0 Å². The first-order chi connectivity index (χ1) is 12.4. The molecule has 1 aliphatic rings. The largest absolute Gasteiger partial charge is 0.376 e. The van der Waals surface area contributed by atoms with Gasteiger partial charge in [-0.25, -0.2) is 0 Å². The van der Waals surface area contributed by atoms with E-state index in [0.29, 0.717) is 0 Å². The summed E-state index contributed by atoms with van der Waals surface area (Å²) in [7, 11) is 2.10. The Bertz CT molecular complexity index is 733. The van der Waals surface area contributed by atoms with Gasteiger partial charge in [-0.2, -0.15) is 22.5 Å². The van der Waals surface area contributed by atoms with Crippen molar-refractivity contribution in [1.82, 2.24) is 14.8 Å². The molecule has 0 bridgehead atoms. The highest BCUT2D eigenvalue weighted by atomic mass is 19.2. The molecule has 1 aromatic heterocycles. The van der Waals surface area contributed by atoms with Crippen LogP contribution in [0.25, 0.3) is 0 Å². The molecule has 0 spiro atoms. The van der Waals surface area contributed by atoms with Gasteiger partial charge >= 0.3 is 0 Å². The van der Waals surface area contributed by atoms with Crippen LogP contribution in [-0.2, 0) is 13.1 Å². The quantitative estimate of drug-likeness (QED) is 0.650. The molecule has 0 radical (unpaired) electrons. The lowest BCUT2D eigenvalue weighted by atomic mass is 10.1. The molecule has 4 nitrogen and oxygen atoms in total. The van der Waals surface area contributed by atoms with E-state index in [0.717, 1.165) is 43.9 Å². The molecule has 1 aliphatic heterocycles. The Labute approximate surface area is 149 Å². The number of hydrogen-bond donors (Lipinski definition) is 1. The van der Waals surface area contributed by atoms with Crippen LogP contribution >= 0.6 is 0 Å². The Balaban J connectivity index is 1.60. The zero-order valence-corrected chi connectivity index (χ0v) is 14.4. The number of benzene rings is 1. The van der Waals surface area contributed by atoms with Crippen LogP contribution in [-0.4, -0.2) is 48.0 Å². The summed E-state index contributed by atoms with van der Waals surface area (Å²) < 4.78 is 53.4. The van der Waals surface area contributed by atoms with Crippen molar-refractivity contribution >= 4 is 5.69 Å². The third-order valence-corrected chi connectivity index (χ3v) is 4.49. The van der Waals surface area contributed by atoms with Crippen LogP contribution in [0.1, 0.15) is 11.1 Å². The summed E-state index contributed by atoms with van der Waals surface area (Å²) >= 11 is 0. The van der Waals surface area contributed by atoms with E-state index in [1.165, 1.54) is 0 Å². The molecule has 3 rings (SSSR count). The number of nitrogens with zero attached hydrogens (tertiary/aromatic N) is 3. The first kappa shape index (κ1) is 18.6. The number of halogens is 4. The van der Waals surface area contributed by atoms with Gasteiger partial charge in [-0.3, -0.25) is 4.90 Å². The van der Waals surface area contributed by atoms with Crippen molar-refractivity contribution in [2.24, 2.45) is 0 Å². The van der Waals surface area contributed by atoms with Gasteiger partial charge in [-0.05, 0) is 18.2 Å². The summed E-state index contributed by atoms with van der Waals surface area (Å²) in [4.78, 5) is 7.18. The van der Waals surface area contributed by atoms with Crippen LogP contribution in [0.4, 0.5) is 23.2 Å². The topological polar surface area (TPSA) is 31.4 Å². The molecule has 140 valence electrons. The van der Waals surface area contributed by atoms with Gasteiger partial charge < -0.3 is 10.2 Å². The first-order valence-electron chi connectivity index (χ1n) is 8.36. The summed E-state index contributed by atoms with van der Waals surface area (Å²) in [5, 5.41) is 2.40. The summed E-state index contributed by atoms with van der Waals surface area (Å²) in [6.07, 6.45) is 0. The maximum absolute atomic E-state index is 13.6. The average molecular weight is 368 g/mol. The Hall–Kier alpha value is -2.19. The highest BCUT2D eigenvalue weighted by molar-refractivity contribution is 5.46. The third-order valence-electron chi connectivity index (χ3n) is 4.49. The minimum atomic E-state index is -1.67. The predicted molar refractivity (Wildman–Crippen MR) is 90.6 cm³/mol. The predicted octanol–water partition coefficient (Wildman–Crippen LogP) is 3.00. The van der Waals surface area contributed by atoms with Crippen LogP contribution in [0.3, 0.4) is 0 Å². The fraction of sp³-hybridized carbons (Fsp3) is 0.389.